The van der Waals surface area contributed by atoms with Crippen LogP contribution in [-0.2, 0) is 13.5 Å². The van der Waals surface area contributed by atoms with Crippen LogP contribution in [0.5, 0.6) is 0 Å². The molecule has 1 aromatic carbocycles. The van der Waals surface area contributed by atoms with Gasteiger partial charge in [0, 0.05) is 20.1 Å². The SMILES string of the molecule is CCc1cccc2sc(N(CCN(C)C)C(=O)c3c(C)cnn3C)nc12. The van der Waals surface area contributed by atoms with Gasteiger partial charge in [-0.15, -0.1) is 0 Å². The van der Waals surface area contributed by atoms with Gasteiger partial charge in [0.05, 0.1) is 16.4 Å². The first-order valence-electron chi connectivity index (χ1n) is 8.76. The van der Waals surface area contributed by atoms with Crippen LogP contribution in [0.15, 0.2) is 24.4 Å². The number of benzene rings is 1. The quantitative estimate of drug-likeness (QED) is 0.668. The van der Waals surface area contributed by atoms with Crippen LogP contribution in [0.2, 0.25) is 0 Å². The largest absolute Gasteiger partial charge is 0.308 e. The van der Waals surface area contributed by atoms with Crippen molar-refractivity contribution in [2.45, 2.75) is 20.3 Å². The average Bonchev–Trinajstić information content (AvgIpc) is 3.17. The molecule has 0 aliphatic rings. The summed E-state index contributed by atoms with van der Waals surface area (Å²) in [6, 6.07) is 6.23. The van der Waals surface area contributed by atoms with E-state index in [2.05, 4.69) is 35.1 Å². The van der Waals surface area contributed by atoms with E-state index < -0.39 is 0 Å². The van der Waals surface area contributed by atoms with Gasteiger partial charge in [0.25, 0.3) is 5.91 Å². The van der Waals surface area contributed by atoms with E-state index in [-0.39, 0.29) is 5.91 Å². The van der Waals surface area contributed by atoms with Gasteiger partial charge in [-0.2, -0.15) is 5.10 Å². The molecule has 2 heterocycles. The maximum Gasteiger partial charge on any atom is 0.278 e. The Hall–Kier alpha value is -2.25. The number of rotatable bonds is 6. The summed E-state index contributed by atoms with van der Waals surface area (Å²) >= 11 is 1.57. The van der Waals surface area contributed by atoms with Crippen LogP contribution >= 0.6 is 11.3 Å². The minimum atomic E-state index is -0.0542. The molecule has 0 saturated carbocycles. The lowest BCUT2D eigenvalue weighted by molar-refractivity contribution is 0.0975. The molecule has 138 valence electrons. The fourth-order valence-electron chi connectivity index (χ4n) is 2.96. The van der Waals surface area contributed by atoms with Crippen molar-refractivity contribution in [3.63, 3.8) is 0 Å². The Morgan fingerprint density at radius 1 is 1.27 bits per heavy atom. The summed E-state index contributed by atoms with van der Waals surface area (Å²) in [5.74, 6) is -0.0542. The number of likely N-dealkylation sites (N-methyl/N-ethyl adjacent to an activating group) is 1. The number of para-hydroxylation sites is 1. The second-order valence-electron chi connectivity index (χ2n) is 6.67. The highest BCUT2D eigenvalue weighted by Crippen LogP contribution is 2.32. The molecule has 0 N–H and O–H groups in total. The van der Waals surface area contributed by atoms with Gasteiger partial charge in [-0.25, -0.2) is 4.98 Å². The van der Waals surface area contributed by atoms with Crippen LogP contribution in [0.25, 0.3) is 10.2 Å². The zero-order valence-corrected chi connectivity index (χ0v) is 16.8. The highest BCUT2D eigenvalue weighted by molar-refractivity contribution is 7.22. The van der Waals surface area contributed by atoms with E-state index in [1.807, 2.05) is 21.0 Å². The number of fused-ring (bicyclic) bond motifs is 1. The molecule has 0 aliphatic carbocycles. The molecule has 0 bridgehead atoms. The van der Waals surface area contributed by atoms with E-state index in [1.165, 1.54) is 5.56 Å². The third kappa shape index (κ3) is 3.50. The highest BCUT2D eigenvalue weighted by atomic mass is 32.1. The van der Waals surface area contributed by atoms with E-state index in [1.54, 1.807) is 34.2 Å². The summed E-state index contributed by atoms with van der Waals surface area (Å²) in [5.41, 5.74) is 3.70. The van der Waals surface area contributed by atoms with Crippen molar-refractivity contribution in [3.8, 4) is 0 Å². The van der Waals surface area contributed by atoms with Gasteiger partial charge in [0.1, 0.15) is 5.69 Å². The molecule has 0 aliphatic heterocycles. The molecule has 0 unspecified atom stereocenters. The smallest absolute Gasteiger partial charge is 0.278 e. The zero-order valence-electron chi connectivity index (χ0n) is 16.0. The maximum atomic E-state index is 13.3. The number of aromatic nitrogens is 3. The summed E-state index contributed by atoms with van der Waals surface area (Å²) in [4.78, 5) is 22.0. The zero-order chi connectivity index (χ0) is 18.8. The molecule has 0 fully saturated rings. The van der Waals surface area contributed by atoms with Crippen LogP contribution in [-0.4, -0.2) is 52.8 Å². The maximum absolute atomic E-state index is 13.3. The molecule has 7 heteroatoms. The summed E-state index contributed by atoms with van der Waals surface area (Å²) in [6.45, 7) is 5.39. The lowest BCUT2D eigenvalue weighted by Crippen LogP contribution is -2.38. The molecule has 1 amide bonds. The molecule has 3 aromatic rings. The first-order valence-corrected chi connectivity index (χ1v) is 9.57. The number of anilines is 1. The summed E-state index contributed by atoms with van der Waals surface area (Å²) < 4.78 is 2.76. The van der Waals surface area contributed by atoms with Gasteiger partial charge >= 0.3 is 0 Å². The number of thiazole rings is 1. The summed E-state index contributed by atoms with van der Waals surface area (Å²) in [5, 5.41) is 4.96. The molecule has 3 rings (SSSR count). The first-order chi connectivity index (χ1) is 12.4. The van der Waals surface area contributed by atoms with E-state index in [9.17, 15) is 4.79 Å². The highest BCUT2D eigenvalue weighted by Gasteiger charge is 2.25. The second kappa shape index (κ2) is 7.55. The fraction of sp³-hybridized carbons (Fsp3) is 0.421. The minimum absolute atomic E-state index is 0.0542. The van der Waals surface area contributed by atoms with Crippen LogP contribution in [0, 0.1) is 6.92 Å². The van der Waals surface area contributed by atoms with Gasteiger partial charge in [0.15, 0.2) is 5.13 Å². The van der Waals surface area contributed by atoms with Crippen molar-refractivity contribution >= 4 is 32.6 Å². The number of carbonyl (C=O) groups excluding carboxylic acids is 1. The molecule has 0 saturated heterocycles. The number of hydrogen-bond acceptors (Lipinski definition) is 5. The van der Waals surface area contributed by atoms with Gasteiger partial charge in [-0.05, 0) is 44.6 Å². The lowest BCUT2D eigenvalue weighted by atomic mass is 10.1. The van der Waals surface area contributed by atoms with Crippen molar-refractivity contribution in [2.75, 3.05) is 32.1 Å². The van der Waals surface area contributed by atoms with Crippen molar-refractivity contribution < 1.29 is 4.79 Å². The Kier molecular flexibility index (Phi) is 5.38. The van der Waals surface area contributed by atoms with Crippen molar-refractivity contribution in [3.05, 3.63) is 41.2 Å². The third-order valence-electron chi connectivity index (χ3n) is 4.44. The van der Waals surface area contributed by atoms with Crippen molar-refractivity contribution in [2.24, 2.45) is 7.05 Å². The van der Waals surface area contributed by atoms with Gasteiger partial charge in [-0.1, -0.05) is 30.4 Å². The van der Waals surface area contributed by atoms with Crippen molar-refractivity contribution in [1.29, 1.82) is 0 Å². The number of nitrogens with zero attached hydrogens (tertiary/aromatic N) is 5. The lowest BCUT2D eigenvalue weighted by Gasteiger charge is -2.22. The predicted molar refractivity (Wildman–Crippen MR) is 107 cm³/mol. The second-order valence-corrected chi connectivity index (χ2v) is 7.68. The average molecular weight is 372 g/mol. The molecule has 6 nitrogen and oxygen atoms in total. The molecule has 0 spiro atoms. The molecular formula is C19H25N5OS. The molecule has 0 radical (unpaired) electrons. The van der Waals surface area contributed by atoms with E-state index >= 15 is 0 Å². The molecular weight excluding hydrogens is 346 g/mol. The predicted octanol–water partition coefficient (Wildman–Crippen LogP) is 3.11. The molecule has 26 heavy (non-hydrogen) atoms. The summed E-state index contributed by atoms with van der Waals surface area (Å²) in [7, 11) is 5.81. The first kappa shape index (κ1) is 18.5. The fourth-order valence-corrected chi connectivity index (χ4v) is 4.00. The molecule has 0 atom stereocenters. The topological polar surface area (TPSA) is 54.3 Å². The number of hydrogen-bond donors (Lipinski definition) is 0. The van der Waals surface area contributed by atoms with E-state index in [0.717, 1.165) is 33.9 Å². The van der Waals surface area contributed by atoms with Crippen molar-refractivity contribution in [1.82, 2.24) is 19.7 Å². The monoisotopic (exact) mass is 371 g/mol. The van der Waals surface area contributed by atoms with E-state index in [0.29, 0.717) is 12.2 Å². The van der Waals surface area contributed by atoms with E-state index in [4.69, 9.17) is 4.98 Å². The van der Waals surface area contributed by atoms with Gasteiger partial charge in [0.2, 0.25) is 0 Å². The van der Waals surface area contributed by atoms with Crippen LogP contribution in [0.3, 0.4) is 0 Å². The molecule has 2 aromatic heterocycles. The summed E-state index contributed by atoms with van der Waals surface area (Å²) in [6.07, 6.45) is 2.65. The standard InChI is InChI=1S/C19H25N5OS/c1-6-14-8-7-9-15-16(14)21-19(26-15)24(11-10-22(3)4)18(25)17-13(2)12-20-23(17)5/h7-9,12H,6,10-11H2,1-5H3. The Morgan fingerprint density at radius 3 is 2.65 bits per heavy atom. The number of aryl methyl sites for hydroxylation is 3. The Balaban J connectivity index is 2.05. The van der Waals surface area contributed by atoms with Crippen LogP contribution in [0.4, 0.5) is 5.13 Å². The van der Waals surface area contributed by atoms with Gasteiger partial charge in [-0.3, -0.25) is 14.4 Å². The Labute approximate surface area is 158 Å². The van der Waals surface area contributed by atoms with Crippen LogP contribution < -0.4 is 4.90 Å². The van der Waals surface area contributed by atoms with Crippen LogP contribution in [0.1, 0.15) is 28.5 Å². The number of carbonyl (C=O) groups is 1. The Bertz CT molecular complexity index is 908. The number of amides is 1. The minimum Gasteiger partial charge on any atom is -0.308 e. The normalized spacial score (nSPS) is 11.5. The third-order valence-corrected chi connectivity index (χ3v) is 5.49. The Morgan fingerprint density at radius 2 is 2.04 bits per heavy atom. The van der Waals surface area contributed by atoms with Gasteiger partial charge < -0.3 is 4.90 Å².